The van der Waals surface area contributed by atoms with Gasteiger partial charge in [-0.3, -0.25) is 0 Å². The van der Waals surface area contributed by atoms with E-state index < -0.39 is 0 Å². The minimum Gasteiger partial charge on any atom is -0.381 e. The maximum Gasteiger partial charge on any atom is 0.141 e. The first-order chi connectivity index (χ1) is 9.79. The molecule has 4 rings (SSSR count). The summed E-state index contributed by atoms with van der Waals surface area (Å²) >= 11 is 3.47. The summed E-state index contributed by atoms with van der Waals surface area (Å²) in [6.07, 6.45) is 1.59. The van der Waals surface area contributed by atoms with Crippen LogP contribution in [0.25, 0.3) is 10.9 Å². The van der Waals surface area contributed by atoms with Gasteiger partial charge in [0.25, 0.3) is 0 Å². The van der Waals surface area contributed by atoms with Gasteiger partial charge in [0.15, 0.2) is 0 Å². The van der Waals surface area contributed by atoms with Crippen molar-refractivity contribution in [3.8, 4) is 0 Å². The van der Waals surface area contributed by atoms with Gasteiger partial charge in [0.1, 0.15) is 12.1 Å². The predicted octanol–water partition coefficient (Wildman–Crippen LogP) is 4.06. The molecule has 0 spiro atoms. The van der Waals surface area contributed by atoms with Gasteiger partial charge in [0.2, 0.25) is 0 Å². The minimum absolute atomic E-state index is 0.836. The summed E-state index contributed by atoms with van der Waals surface area (Å²) in [5.41, 5.74) is 4.43. The van der Waals surface area contributed by atoms with Crippen LogP contribution in [-0.2, 0) is 6.54 Å². The normalized spacial score (nSPS) is 12.4. The molecule has 0 atom stereocenters. The molecule has 0 saturated carbocycles. The Labute approximate surface area is 124 Å². The third-order valence-corrected chi connectivity index (χ3v) is 3.91. The van der Waals surface area contributed by atoms with E-state index in [0.717, 1.165) is 33.4 Å². The Morgan fingerprint density at radius 2 is 2.10 bits per heavy atom. The molecule has 0 bridgehead atoms. The number of halogens is 1. The van der Waals surface area contributed by atoms with Gasteiger partial charge in [-0.05, 0) is 35.9 Å². The van der Waals surface area contributed by atoms with Crippen molar-refractivity contribution < 1.29 is 0 Å². The van der Waals surface area contributed by atoms with Crippen LogP contribution in [0.3, 0.4) is 0 Å². The smallest absolute Gasteiger partial charge is 0.141 e. The summed E-state index contributed by atoms with van der Waals surface area (Å²) in [7, 11) is 0. The molecule has 2 N–H and O–H groups in total. The van der Waals surface area contributed by atoms with Crippen LogP contribution in [0.4, 0.5) is 17.2 Å². The molecule has 0 aliphatic carbocycles. The molecule has 1 aliphatic heterocycles. The number of aromatic nitrogens is 2. The van der Waals surface area contributed by atoms with Gasteiger partial charge < -0.3 is 10.6 Å². The molecule has 0 saturated heterocycles. The summed E-state index contributed by atoms with van der Waals surface area (Å²) in [4.78, 5) is 8.71. The first kappa shape index (κ1) is 11.7. The number of fused-ring (bicyclic) bond motifs is 2. The zero-order valence-corrected chi connectivity index (χ0v) is 12.1. The summed E-state index contributed by atoms with van der Waals surface area (Å²) in [5.74, 6) is 0.836. The maximum absolute atomic E-state index is 4.37. The Bertz CT molecular complexity index is 816. The lowest BCUT2D eigenvalue weighted by Crippen LogP contribution is -2.13. The molecule has 3 aromatic rings. The second kappa shape index (κ2) is 4.45. The molecule has 1 aliphatic rings. The number of nitrogens with zero attached hydrogens (tertiary/aromatic N) is 2. The van der Waals surface area contributed by atoms with E-state index in [-0.39, 0.29) is 0 Å². The average Bonchev–Trinajstić information content (AvgIpc) is 2.41. The highest BCUT2D eigenvalue weighted by Gasteiger charge is 2.15. The Hall–Kier alpha value is -2.14. The van der Waals surface area contributed by atoms with Gasteiger partial charge >= 0.3 is 0 Å². The van der Waals surface area contributed by atoms with Crippen LogP contribution in [0.15, 0.2) is 47.2 Å². The van der Waals surface area contributed by atoms with Gasteiger partial charge in [0, 0.05) is 27.8 Å². The highest BCUT2D eigenvalue weighted by Crippen LogP contribution is 2.33. The Morgan fingerprint density at radius 3 is 2.90 bits per heavy atom. The van der Waals surface area contributed by atoms with Crippen LogP contribution in [0.1, 0.15) is 5.56 Å². The number of rotatable bonds is 2. The first-order valence-electron chi connectivity index (χ1n) is 6.34. The average molecular weight is 327 g/mol. The third kappa shape index (κ3) is 1.91. The van der Waals surface area contributed by atoms with E-state index in [1.54, 1.807) is 6.33 Å². The highest BCUT2D eigenvalue weighted by atomic mass is 79.9. The van der Waals surface area contributed by atoms with Crippen molar-refractivity contribution in [1.29, 1.82) is 0 Å². The molecule has 20 heavy (non-hydrogen) atoms. The van der Waals surface area contributed by atoms with Crippen molar-refractivity contribution in [3.05, 3.63) is 52.8 Å². The van der Waals surface area contributed by atoms with Crippen LogP contribution >= 0.6 is 15.9 Å². The zero-order valence-electron chi connectivity index (χ0n) is 10.5. The Balaban J connectivity index is 1.81. The van der Waals surface area contributed by atoms with Gasteiger partial charge in [-0.15, -0.1) is 0 Å². The van der Waals surface area contributed by atoms with E-state index in [2.05, 4.69) is 48.7 Å². The number of anilines is 3. The number of benzene rings is 2. The molecule has 1 aromatic heterocycles. The van der Waals surface area contributed by atoms with Crippen molar-refractivity contribution in [3.63, 3.8) is 0 Å². The van der Waals surface area contributed by atoms with Gasteiger partial charge in [-0.25, -0.2) is 9.97 Å². The molecule has 2 aromatic carbocycles. The lowest BCUT2D eigenvalue weighted by atomic mass is 10.0. The summed E-state index contributed by atoms with van der Waals surface area (Å²) in [5, 5.41) is 7.68. The van der Waals surface area contributed by atoms with Crippen molar-refractivity contribution in [1.82, 2.24) is 9.97 Å². The van der Waals surface area contributed by atoms with Crippen molar-refractivity contribution >= 4 is 44.0 Å². The van der Waals surface area contributed by atoms with Gasteiger partial charge in [-0.2, -0.15) is 0 Å². The second-order valence-electron chi connectivity index (χ2n) is 4.74. The summed E-state index contributed by atoms with van der Waals surface area (Å²) in [6, 6.07) is 12.3. The monoisotopic (exact) mass is 326 g/mol. The molecular weight excluding hydrogens is 316 g/mol. The molecule has 0 amide bonds. The lowest BCUT2D eigenvalue weighted by molar-refractivity contribution is 1.05. The molecule has 98 valence electrons. The maximum atomic E-state index is 4.37. The van der Waals surface area contributed by atoms with Crippen molar-refractivity contribution in [2.24, 2.45) is 0 Å². The molecule has 0 radical (unpaired) electrons. The highest BCUT2D eigenvalue weighted by molar-refractivity contribution is 9.10. The number of hydrogen-bond acceptors (Lipinski definition) is 4. The van der Waals surface area contributed by atoms with E-state index in [1.807, 2.05) is 24.3 Å². The fourth-order valence-corrected chi connectivity index (χ4v) is 2.74. The summed E-state index contributed by atoms with van der Waals surface area (Å²) < 4.78 is 1.04. The van der Waals surface area contributed by atoms with Crippen molar-refractivity contribution in [2.45, 2.75) is 6.54 Å². The minimum atomic E-state index is 0.836. The SMILES string of the molecule is Brc1cccc(Nc2ncnc3cc4c(cc23)CN4)c1. The first-order valence-corrected chi connectivity index (χ1v) is 7.13. The van der Waals surface area contributed by atoms with Crippen LogP contribution in [0.2, 0.25) is 0 Å². The predicted molar refractivity (Wildman–Crippen MR) is 84.3 cm³/mol. The molecule has 2 heterocycles. The van der Waals surface area contributed by atoms with Crippen LogP contribution < -0.4 is 10.6 Å². The third-order valence-electron chi connectivity index (χ3n) is 3.42. The fourth-order valence-electron chi connectivity index (χ4n) is 2.35. The van der Waals surface area contributed by atoms with E-state index in [9.17, 15) is 0 Å². The van der Waals surface area contributed by atoms with E-state index in [1.165, 1.54) is 11.3 Å². The van der Waals surface area contributed by atoms with E-state index >= 15 is 0 Å². The molecule has 5 heteroatoms. The molecule has 0 fully saturated rings. The largest absolute Gasteiger partial charge is 0.381 e. The quantitative estimate of drug-likeness (QED) is 0.745. The summed E-state index contributed by atoms with van der Waals surface area (Å²) in [6.45, 7) is 0.913. The van der Waals surface area contributed by atoms with E-state index in [4.69, 9.17) is 0 Å². The topological polar surface area (TPSA) is 49.8 Å². The lowest BCUT2D eigenvalue weighted by Gasteiger charge is -2.22. The van der Waals surface area contributed by atoms with Crippen LogP contribution in [0, 0.1) is 0 Å². The second-order valence-corrected chi connectivity index (χ2v) is 5.65. The fraction of sp³-hybridized carbons (Fsp3) is 0.0667. The van der Waals surface area contributed by atoms with Crippen LogP contribution in [-0.4, -0.2) is 9.97 Å². The molecule has 0 unspecified atom stereocenters. The number of nitrogens with one attached hydrogen (secondary N) is 2. The van der Waals surface area contributed by atoms with Gasteiger partial charge in [0.05, 0.1) is 5.52 Å². The Kier molecular flexibility index (Phi) is 2.60. The van der Waals surface area contributed by atoms with Crippen molar-refractivity contribution in [2.75, 3.05) is 10.6 Å². The molecule has 4 nitrogen and oxygen atoms in total. The van der Waals surface area contributed by atoms with E-state index in [0.29, 0.717) is 0 Å². The Morgan fingerprint density at radius 1 is 1.15 bits per heavy atom. The van der Waals surface area contributed by atoms with Crippen LogP contribution in [0.5, 0.6) is 0 Å². The molecular formula is C15H11BrN4. The number of hydrogen-bond donors (Lipinski definition) is 2. The zero-order chi connectivity index (χ0) is 13.5. The standard InChI is InChI=1S/C15H11BrN4/c16-10-2-1-3-11(5-10)20-15-12-4-9-7-17-13(9)6-14(12)18-8-19-15/h1-6,8,17H,7H2,(H,18,19,20). The van der Waals surface area contributed by atoms with Gasteiger partial charge in [-0.1, -0.05) is 22.0 Å².